The molecule has 0 spiro atoms. The first kappa shape index (κ1) is 24.0. The molecular weight excluding hydrogens is 430 g/mol. The van der Waals surface area contributed by atoms with E-state index in [1.54, 1.807) is 30.9 Å². The summed E-state index contributed by atoms with van der Waals surface area (Å²) in [7, 11) is 0. The number of nitrogens with zero attached hydrogens (tertiary/aromatic N) is 2. The minimum Gasteiger partial charge on any atom is -0.462 e. The summed E-state index contributed by atoms with van der Waals surface area (Å²) in [4.78, 5) is 41.4. The molecule has 2 aromatic heterocycles. The molecule has 0 saturated carbocycles. The molecular formula is C23H31N3O5S. The van der Waals surface area contributed by atoms with Crippen molar-refractivity contribution >= 4 is 34.1 Å². The highest BCUT2D eigenvalue weighted by atomic mass is 32.1. The molecule has 174 valence electrons. The van der Waals surface area contributed by atoms with Gasteiger partial charge in [0.25, 0.3) is 5.91 Å². The van der Waals surface area contributed by atoms with E-state index in [1.165, 1.54) is 11.3 Å². The number of thiophene rings is 1. The van der Waals surface area contributed by atoms with E-state index < -0.39 is 5.97 Å². The fraction of sp³-hybridized carbons (Fsp3) is 0.522. The third-order valence-corrected chi connectivity index (χ3v) is 6.15. The zero-order valence-corrected chi connectivity index (χ0v) is 19.9. The molecule has 1 N–H and O–H groups in total. The molecule has 1 aliphatic rings. The molecule has 0 aromatic carbocycles. The van der Waals surface area contributed by atoms with Gasteiger partial charge < -0.3 is 19.4 Å². The van der Waals surface area contributed by atoms with Gasteiger partial charge in [0.05, 0.1) is 18.7 Å². The number of piperazine rings is 1. The molecule has 0 bridgehead atoms. The number of carbonyl (C=O) groups excluding carboxylic acids is 3. The zero-order chi connectivity index (χ0) is 23.3. The maximum atomic E-state index is 12.7. The van der Waals surface area contributed by atoms with Crippen molar-refractivity contribution in [3.05, 3.63) is 40.2 Å². The summed E-state index contributed by atoms with van der Waals surface area (Å²) in [6.45, 7) is 10.5. The number of esters is 1. The van der Waals surface area contributed by atoms with Gasteiger partial charge in [0.1, 0.15) is 10.8 Å². The summed E-state index contributed by atoms with van der Waals surface area (Å²) in [6, 6.07) is 3.46. The summed E-state index contributed by atoms with van der Waals surface area (Å²) in [5.41, 5.74) is 1.36. The van der Waals surface area contributed by atoms with Crippen LogP contribution >= 0.6 is 11.3 Å². The third kappa shape index (κ3) is 5.98. The van der Waals surface area contributed by atoms with E-state index in [-0.39, 0.29) is 25.0 Å². The molecule has 0 atom stereocenters. The lowest BCUT2D eigenvalue weighted by Crippen LogP contribution is -2.50. The maximum Gasteiger partial charge on any atom is 0.341 e. The van der Waals surface area contributed by atoms with Crippen LogP contribution in [0.4, 0.5) is 5.00 Å². The molecule has 0 aliphatic carbocycles. The normalized spacial score (nSPS) is 14.6. The van der Waals surface area contributed by atoms with E-state index in [4.69, 9.17) is 9.15 Å². The van der Waals surface area contributed by atoms with Crippen LogP contribution in [0.3, 0.4) is 0 Å². The average molecular weight is 462 g/mol. The van der Waals surface area contributed by atoms with Crippen molar-refractivity contribution in [3.8, 4) is 0 Å². The Balaban J connectivity index is 1.56. The fourth-order valence-electron chi connectivity index (χ4n) is 3.69. The molecule has 2 amide bonds. The predicted molar refractivity (Wildman–Crippen MR) is 123 cm³/mol. The van der Waals surface area contributed by atoms with E-state index in [9.17, 15) is 14.4 Å². The second-order valence-electron chi connectivity index (χ2n) is 8.31. The average Bonchev–Trinajstić information content (AvgIpc) is 3.34. The van der Waals surface area contributed by atoms with Gasteiger partial charge >= 0.3 is 5.97 Å². The molecule has 3 heterocycles. The molecule has 1 saturated heterocycles. The molecule has 9 heteroatoms. The first-order chi connectivity index (χ1) is 15.3. The van der Waals surface area contributed by atoms with Crippen molar-refractivity contribution < 1.29 is 23.5 Å². The number of aryl methyl sites for hydroxylation is 1. The fourth-order valence-corrected chi connectivity index (χ4v) is 4.67. The molecule has 8 nitrogen and oxygen atoms in total. The first-order valence-corrected chi connectivity index (χ1v) is 11.8. The van der Waals surface area contributed by atoms with E-state index in [0.29, 0.717) is 54.2 Å². The van der Waals surface area contributed by atoms with Crippen LogP contribution in [0.15, 0.2) is 21.9 Å². The third-order valence-electron chi connectivity index (χ3n) is 5.21. The number of rotatable bonds is 8. The van der Waals surface area contributed by atoms with Gasteiger partial charge in [-0.25, -0.2) is 4.79 Å². The van der Waals surface area contributed by atoms with Crippen molar-refractivity contribution in [1.82, 2.24) is 9.80 Å². The van der Waals surface area contributed by atoms with Crippen LogP contribution in [0, 0.1) is 12.8 Å². The lowest BCUT2D eigenvalue weighted by atomic mass is 10.0. The number of hydrogen-bond donors (Lipinski definition) is 1. The standard InChI is InChI=1S/C23H31N3O5S/c1-5-30-23(29)20-17(12-15(2)3)14-32-21(20)24-19(27)13-25-8-10-26(11-9-25)22(28)18-7-6-16(4)31-18/h6-7,14-15H,5,8-13H2,1-4H3,(H,24,27). The molecule has 0 radical (unpaired) electrons. The van der Waals surface area contributed by atoms with Gasteiger partial charge in [0.2, 0.25) is 5.91 Å². The van der Waals surface area contributed by atoms with Crippen LogP contribution in [0.25, 0.3) is 0 Å². The number of hydrogen-bond acceptors (Lipinski definition) is 7. The number of furan rings is 1. The van der Waals surface area contributed by atoms with Gasteiger partial charge in [-0.2, -0.15) is 0 Å². The SMILES string of the molecule is CCOC(=O)c1c(CC(C)C)csc1NC(=O)CN1CCN(C(=O)c2ccc(C)o2)CC1. The summed E-state index contributed by atoms with van der Waals surface area (Å²) in [5, 5.41) is 5.35. The van der Waals surface area contributed by atoms with E-state index in [0.717, 1.165) is 12.0 Å². The highest BCUT2D eigenvalue weighted by molar-refractivity contribution is 7.15. The second-order valence-corrected chi connectivity index (χ2v) is 9.19. The Morgan fingerprint density at radius 2 is 1.91 bits per heavy atom. The Morgan fingerprint density at radius 1 is 1.19 bits per heavy atom. The Morgan fingerprint density at radius 3 is 2.50 bits per heavy atom. The van der Waals surface area contributed by atoms with Crippen molar-refractivity contribution in [2.75, 3.05) is 44.6 Å². The Bertz CT molecular complexity index is 957. The van der Waals surface area contributed by atoms with Crippen LogP contribution in [0.1, 0.15) is 53.0 Å². The molecule has 32 heavy (non-hydrogen) atoms. The first-order valence-electron chi connectivity index (χ1n) is 10.9. The highest BCUT2D eigenvalue weighted by Crippen LogP contribution is 2.31. The van der Waals surface area contributed by atoms with Gasteiger partial charge in [-0.15, -0.1) is 11.3 Å². The van der Waals surface area contributed by atoms with Crippen molar-refractivity contribution in [2.45, 2.75) is 34.1 Å². The number of amides is 2. The second kappa shape index (κ2) is 10.8. The lowest BCUT2D eigenvalue weighted by Gasteiger charge is -2.33. The summed E-state index contributed by atoms with van der Waals surface area (Å²) >= 11 is 1.35. The molecule has 1 fully saturated rings. The Kier molecular flexibility index (Phi) is 8.09. The largest absolute Gasteiger partial charge is 0.462 e. The van der Waals surface area contributed by atoms with Gasteiger partial charge in [-0.1, -0.05) is 13.8 Å². The van der Waals surface area contributed by atoms with Crippen LogP contribution in [0.5, 0.6) is 0 Å². The maximum absolute atomic E-state index is 12.7. The van der Waals surface area contributed by atoms with E-state index >= 15 is 0 Å². The summed E-state index contributed by atoms with van der Waals surface area (Å²) < 4.78 is 10.6. The van der Waals surface area contributed by atoms with Crippen molar-refractivity contribution in [2.24, 2.45) is 5.92 Å². The topological polar surface area (TPSA) is 92.1 Å². The summed E-state index contributed by atoms with van der Waals surface area (Å²) in [5.74, 6) is 0.712. The van der Waals surface area contributed by atoms with Gasteiger partial charge in [0, 0.05) is 26.2 Å². The number of carbonyl (C=O) groups is 3. The number of anilines is 1. The van der Waals surface area contributed by atoms with Crippen LogP contribution in [-0.2, 0) is 16.0 Å². The van der Waals surface area contributed by atoms with Gasteiger partial charge in [-0.05, 0) is 49.3 Å². The van der Waals surface area contributed by atoms with E-state index in [1.807, 2.05) is 10.3 Å². The summed E-state index contributed by atoms with van der Waals surface area (Å²) in [6.07, 6.45) is 0.742. The van der Waals surface area contributed by atoms with Crippen LogP contribution in [0.2, 0.25) is 0 Å². The van der Waals surface area contributed by atoms with Crippen molar-refractivity contribution in [1.29, 1.82) is 0 Å². The van der Waals surface area contributed by atoms with Gasteiger partial charge in [-0.3, -0.25) is 14.5 Å². The smallest absolute Gasteiger partial charge is 0.341 e. The van der Waals surface area contributed by atoms with Crippen LogP contribution in [-0.4, -0.2) is 66.9 Å². The Labute approximate surface area is 192 Å². The minimum atomic E-state index is -0.403. The predicted octanol–water partition coefficient (Wildman–Crippen LogP) is 3.42. The van der Waals surface area contributed by atoms with Crippen LogP contribution < -0.4 is 5.32 Å². The monoisotopic (exact) mass is 461 g/mol. The highest BCUT2D eigenvalue weighted by Gasteiger charge is 2.26. The molecule has 3 rings (SSSR count). The molecule has 2 aromatic rings. The number of nitrogens with one attached hydrogen (secondary N) is 1. The zero-order valence-electron chi connectivity index (χ0n) is 19.1. The van der Waals surface area contributed by atoms with Gasteiger partial charge in [0.15, 0.2) is 5.76 Å². The number of ether oxygens (including phenoxy) is 1. The van der Waals surface area contributed by atoms with E-state index in [2.05, 4.69) is 19.2 Å². The minimum absolute atomic E-state index is 0.127. The Hall–Kier alpha value is -2.65. The molecule has 1 aliphatic heterocycles. The molecule has 0 unspecified atom stereocenters. The lowest BCUT2D eigenvalue weighted by molar-refractivity contribution is -0.117. The quantitative estimate of drug-likeness (QED) is 0.606. The van der Waals surface area contributed by atoms with Crippen molar-refractivity contribution in [3.63, 3.8) is 0 Å².